The molecular formula is C16H13F2N5. The van der Waals surface area contributed by atoms with Gasteiger partial charge in [-0.3, -0.25) is 4.98 Å². The maximum absolute atomic E-state index is 13.6. The Hall–Kier alpha value is -3.09. The molecule has 0 aliphatic heterocycles. The smallest absolute Gasteiger partial charge is 0.229 e. The molecule has 0 bridgehead atoms. The predicted octanol–water partition coefficient (Wildman–Crippen LogP) is 3.51. The Kier molecular flexibility index (Phi) is 4.37. The van der Waals surface area contributed by atoms with Gasteiger partial charge in [0.2, 0.25) is 5.95 Å². The highest BCUT2D eigenvalue weighted by Crippen LogP contribution is 2.19. The molecule has 0 saturated heterocycles. The van der Waals surface area contributed by atoms with E-state index >= 15 is 0 Å². The molecular weight excluding hydrogens is 300 g/mol. The molecule has 0 saturated carbocycles. The van der Waals surface area contributed by atoms with Gasteiger partial charge in [-0.15, -0.1) is 0 Å². The number of hydrogen-bond acceptors (Lipinski definition) is 5. The second kappa shape index (κ2) is 6.78. The maximum Gasteiger partial charge on any atom is 0.229 e. The molecule has 2 aromatic heterocycles. The normalized spacial score (nSPS) is 10.3. The van der Waals surface area contributed by atoms with E-state index in [0.29, 0.717) is 12.4 Å². The van der Waals surface area contributed by atoms with E-state index in [1.807, 2.05) is 12.1 Å². The lowest BCUT2D eigenvalue weighted by molar-refractivity contribution is 0.586. The Morgan fingerprint density at radius 2 is 1.96 bits per heavy atom. The highest BCUT2D eigenvalue weighted by atomic mass is 19.1. The fourth-order valence-corrected chi connectivity index (χ4v) is 1.92. The van der Waals surface area contributed by atoms with Gasteiger partial charge in [0.15, 0.2) is 0 Å². The molecule has 3 rings (SSSR count). The minimum Gasteiger partial charge on any atom is -0.366 e. The van der Waals surface area contributed by atoms with Crippen LogP contribution in [0.5, 0.6) is 0 Å². The monoisotopic (exact) mass is 313 g/mol. The van der Waals surface area contributed by atoms with E-state index in [4.69, 9.17) is 0 Å². The quantitative estimate of drug-likeness (QED) is 0.755. The molecule has 0 fully saturated rings. The summed E-state index contributed by atoms with van der Waals surface area (Å²) < 4.78 is 26.5. The van der Waals surface area contributed by atoms with Gasteiger partial charge >= 0.3 is 0 Å². The highest BCUT2D eigenvalue weighted by Gasteiger charge is 2.06. The summed E-state index contributed by atoms with van der Waals surface area (Å²) in [6, 6.07) is 8.74. The number of anilines is 3. The topological polar surface area (TPSA) is 62.7 Å². The number of nitrogens with one attached hydrogen (secondary N) is 2. The average molecular weight is 313 g/mol. The largest absolute Gasteiger partial charge is 0.366 e. The van der Waals surface area contributed by atoms with Crippen molar-refractivity contribution in [1.29, 1.82) is 0 Å². The lowest BCUT2D eigenvalue weighted by Crippen LogP contribution is -2.05. The molecule has 0 amide bonds. The van der Waals surface area contributed by atoms with Crippen LogP contribution in [0, 0.1) is 11.6 Å². The van der Waals surface area contributed by atoms with Crippen molar-refractivity contribution >= 4 is 17.5 Å². The molecule has 2 N–H and O–H groups in total. The van der Waals surface area contributed by atoms with Gasteiger partial charge in [0.25, 0.3) is 0 Å². The minimum absolute atomic E-state index is 0.107. The van der Waals surface area contributed by atoms with Crippen LogP contribution in [0.1, 0.15) is 5.56 Å². The first kappa shape index (κ1) is 14.8. The van der Waals surface area contributed by atoms with Crippen molar-refractivity contribution in [2.75, 3.05) is 10.6 Å². The highest BCUT2D eigenvalue weighted by molar-refractivity contribution is 5.55. The summed E-state index contributed by atoms with van der Waals surface area (Å²) in [7, 11) is 0. The van der Waals surface area contributed by atoms with Gasteiger partial charge in [0.05, 0.1) is 5.69 Å². The van der Waals surface area contributed by atoms with Gasteiger partial charge in [-0.1, -0.05) is 6.07 Å². The summed E-state index contributed by atoms with van der Waals surface area (Å²) in [6.07, 6.45) is 5.00. The van der Waals surface area contributed by atoms with Crippen LogP contribution >= 0.6 is 0 Å². The predicted molar refractivity (Wildman–Crippen MR) is 83.2 cm³/mol. The summed E-state index contributed by atoms with van der Waals surface area (Å²) in [5, 5.41) is 5.85. The minimum atomic E-state index is -0.706. The first-order valence-corrected chi connectivity index (χ1v) is 6.88. The Bertz CT molecular complexity index is 795. The van der Waals surface area contributed by atoms with Crippen LogP contribution in [0.3, 0.4) is 0 Å². The van der Waals surface area contributed by atoms with E-state index in [9.17, 15) is 8.78 Å². The maximum atomic E-state index is 13.6. The molecule has 3 aromatic rings. The summed E-state index contributed by atoms with van der Waals surface area (Å²) >= 11 is 0. The number of halogens is 2. The number of hydrogen-bond donors (Lipinski definition) is 2. The number of pyridine rings is 1. The standard InChI is InChI=1S/C16H13F2N5/c17-12-3-4-14(13(18)8-12)22-16-20-7-5-15(23-16)21-10-11-2-1-6-19-9-11/h1-9H,10H2,(H2,20,21,22,23). The van der Waals surface area contributed by atoms with Crippen molar-refractivity contribution in [3.63, 3.8) is 0 Å². The van der Waals surface area contributed by atoms with Crippen LogP contribution in [-0.2, 0) is 6.54 Å². The zero-order valence-corrected chi connectivity index (χ0v) is 12.0. The molecule has 5 nitrogen and oxygen atoms in total. The van der Waals surface area contributed by atoms with Crippen LogP contribution in [-0.4, -0.2) is 15.0 Å². The molecule has 1 aromatic carbocycles. The number of nitrogens with zero attached hydrogens (tertiary/aromatic N) is 3. The van der Waals surface area contributed by atoms with Crippen molar-refractivity contribution in [2.45, 2.75) is 6.54 Å². The van der Waals surface area contributed by atoms with Crippen LogP contribution < -0.4 is 10.6 Å². The SMILES string of the molecule is Fc1ccc(Nc2nccc(NCc3cccnc3)n2)c(F)c1. The van der Waals surface area contributed by atoms with Gasteiger partial charge < -0.3 is 10.6 Å². The summed E-state index contributed by atoms with van der Waals surface area (Å²) in [6.45, 7) is 0.551. The number of aromatic nitrogens is 3. The average Bonchev–Trinajstić information content (AvgIpc) is 2.57. The van der Waals surface area contributed by atoms with E-state index in [1.165, 1.54) is 6.07 Å². The van der Waals surface area contributed by atoms with E-state index in [-0.39, 0.29) is 11.6 Å². The van der Waals surface area contributed by atoms with Crippen molar-refractivity contribution in [3.05, 3.63) is 72.2 Å². The van der Waals surface area contributed by atoms with Gasteiger partial charge in [0, 0.05) is 31.2 Å². The first-order chi connectivity index (χ1) is 11.2. The first-order valence-electron chi connectivity index (χ1n) is 6.88. The van der Waals surface area contributed by atoms with Gasteiger partial charge in [-0.25, -0.2) is 13.8 Å². The fourth-order valence-electron chi connectivity index (χ4n) is 1.92. The molecule has 0 atom stereocenters. The molecule has 0 aliphatic carbocycles. The molecule has 0 radical (unpaired) electrons. The molecule has 0 spiro atoms. The summed E-state index contributed by atoms with van der Waals surface area (Å²) in [4.78, 5) is 12.3. The fraction of sp³-hybridized carbons (Fsp3) is 0.0625. The number of rotatable bonds is 5. The van der Waals surface area contributed by atoms with E-state index < -0.39 is 11.6 Å². The zero-order valence-electron chi connectivity index (χ0n) is 12.0. The molecule has 2 heterocycles. The van der Waals surface area contributed by atoms with Crippen LogP contribution in [0.15, 0.2) is 55.0 Å². The van der Waals surface area contributed by atoms with E-state index in [1.54, 1.807) is 24.7 Å². The molecule has 23 heavy (non-hydrogen) atoms. The zero-order chi connectivity index (χ0) is 16.1. The van der Waals surface area contributed by atoms with Gasteiger partial charge in [-0.05, 0) is 29.8 Å². The second-order valence-electron chi connectivity index (χ2n) is 4.73. The molecule has 0 unspecified atom stereocenters. The summed E-state index contributed by atoms with van der Waals surface area (Å²) in [5.74, 6) is -0.552. The molecule has 116 valence electrons. The van der Waals surface area contributed by atoms with Crippen molar-refractivity contribution < 1.29 is 8.78 Å². The van der Waals surface area contributed by atoms with Crippen LogP contribution in [0.25, 0.3) is 0 Å². The Morgan fingerprint density at radius 3 is 2.74 bits per heavy atom. The van der Waals surface area contributed by atoms with Gasteiger partial charge in [-0.2, -0.15) is 4.98 Å². The van der Waals surface area contributed by atoms with Gasteiger partial charge in [0.1, 0.15) is 17.5 Å². The molecule has 0 aliphatic rings. The number of benzene rings is 1. The van der Waals surface area contributed by atoms with E-state index in [0.717, 1.165) is 17.7 Å². The third-order valence-corrected chi connectivity index (χ3v) is 3.03. The van der Waals surface area contributed by atoms with E-state index in [2.05, 4.69) is 25.6 Å². The van der Waals surface area contributed by atoms with Crippen molar-refractivity contribution in [1.82, 2.24) is 15.0 Å². The Balaban J connectivity index is 1.69. The Labute approximate surface area is 131 Å². The van der Waals surface area contributed by atoms with Crippen LogP contribution in [0.2, 0.25) is 0 Å². The lowest BCUT2D eigenvalue weighted by atomic mass is 10.3. The summed E-state index contributed by atoms with van der Waals surface area (Å²) in [5.41, 5.74) is 1.11. The second-order valence-corrected chi connectivity index (χ2v) is 4.73. The molecule has 7 heteroatoms. The van der Waals surface area contributed by atoms with Crippen molar-refractivity contribution in [3.8, 4) is 0 Å². The third kappa shape index (κ3) is 3.97. The third-order valence-electron chi connectivity index (χ3n) is 3.03. The van der Waals surface area contributed by atoms with Crippen molar-refractivity contribution in [2.24, 2.45) is 0 Å². The lowest BCUT2D eigenvalue weighted by Gasteiger charge is -2.09. The Morgan fingerprint density at radius 1 is 1.04 bits per heavy atom. The van der Waals surface area contributed by atoms with Crippen LogP contribution in [0.4, 0.5) is 26.2 Å².